The zero-order valence-electron chi connectivity index (χ0n) is 8.31. The second-order valence-corrected chi connectivity index (χ2v) is 2.97. The second-order valence-electron chi connectivity index (χ2n) is 2.97. The van der Waals surface area contributed by atoms with Crippen LogP contribution in [0.2, 0.25) is 0 Å². The van der Waals surface area contributed by atoms with Crippen LogP contribution >= 0.6 is 0 Å². The van der Waals surface area contributed by atoms with Gasteiger partial charge in [0.2, 0.25) is 5.91 Å². The number of hydrogen-bond donors (Lipinski definition) is 2. The van der Waals surface area contributed by atoms with E-state index in [1.165, 1.54) is 24.3 Å². The van der Waals surface area contributed by atoms with Gasteiger partial charge >= 0.3 is 5.97 Å². The molecule has 2 N–H and O–H groups in total. The molecule has 0 aromatic heterocycles. The van der Waals surface area contributed by atoms with E-state index in [0.29, 0.717) is 0 Å². The fraction of sp³-hybridized carbons (Fsp3) is 0.0909. The molecule has 1 aromatic carbocycles. The first-order valence-corrected chi connectivity index (χ1v) is 4.52. The summed E-state index contributed by atoms with van der Waals surface area (Å²) >= 11 is 0. The summed E-state index contributed by atoms with van der Waals surface area (Å²) in [6, 6.07) is 5.96. The summed E-state index contributed by atoms with van der Waals surface area (Å²) in [7, 11) is 0. The normalized spacial score (nSPS) is 10.3. The summed E-state index contributed by atoms with van der Waals surface area (Å²) in [5.74, 6) is -2.15. The van der Waals surface area contributed by atoms with Crippen LogP contribution in [0.5, 0.6) is 0 Å². The van der Waals surface area contributed by atoms with E-state index in [9.17, 15) is 14.0 Å². The van der Waals surface area contributed by atoms with Crippen molar-refractivity contribution in [2.45, 2.75) is 0 Å². The van der Waals surface area contributed by atoms with Gasteiger partial charge in [0, 0.05) is 11.6 Å². The molecular weight excluding hydrogens is 213 g/mol. The zero-order valence-corrected chi connectivity index (χ0v) is 8.31. The van der Waals surface area contributed by atoms with Crippen molar-refractivity contribution in [3.8, 4) is 0 Å². The number of amides is 1. The minimum atomic E-state index is -1.13. The number of carboxylic acids is 1. The van der Waals surface area contributed by atoms with Crippen molar-refractivity contribution in [1.82, 2.24) is 5.32 Å². The van der Waals surface area contributed by atoms with E-state index in [0.717, 1.165) is 6.08 Å². The van der Waals surface area contributed by atoms with Gasteiger partial charge in [-0.3, -0.25) is 9.59 Å². The fourth-order valence-corrected chi connectivity index (χ4v) is 0.997. The summed E-state index contributed by atoms with van der Waals surface area (Å²) in [4.78, 5) is 21.2. The number of halogens is 1. The Morgan fingerprint density at radius 1 is 1.38 bits per heavy atom. The molecule has 0 spiro atoms. The van der Waals surface area contributed by atoms with Crippen molar-refractivity contribution >= 4 is 18.0 Å². The summed E-state index contributed by atoms with van der Waals surface area (Å²) in [6.45, 7) is -0.458. The third-order valence-corrected chi connectivity index (χ3v) is 1.73. The van der Waals surface area contributed by atoms with Gasteiger partial charge in [-0.15, -0.1) is 0 Å². The van der Waals surface area contributed by atoms with Crippen molar-refractivity contribution in [1.29, 1.82) is 0 Å². The van der Waals surface area contributed by atoms with Crippen LogP contribution in [0.1, 0.15) is 5.56 Å². The Morgan fingerprint density at radius 2 is 2.06 bits per heavy atom. The van der Waals surface area contributed by atoms with E-state index in [1.807, 2.05) is 0 Å². The minimum absolute atomic E-state index is 0.271. The van der Waals surface area contributed by atoms with E-state index >= 15 is 0 Å². The van der Waals surface area contributed by atoms with Crippen LogP contribution in [-0.2, 0) is 9.59 Å². The van der Waals surface area contributed by atoms with E-state index in [2.05, 4.69) is 5.32 Å². The molecule has 0 unspecified atom stereocenters. The number of nitrogens with one attached hydrogen (secondary N) is 1. The molecular formula is C11H10FNO3. The zero-order chi connectivity index (χ0) is 12.0. The number of hydrogen-bond acceptors (Lipinski definition) is 2. The van der Waals surface area contributed by atoms with Gasteiger partial charge in [0.1, 0.15) is 12.4 Å². The molecule has 4 nitrogen and oxygen atoms in total. The first-order chi connectivity index (χ1) is 7.59. The van der Waals surface area contributed by atoms with Gasteiger partial charge in [-0.25, -0.2) is 4.39 Å². The molecule has 0 heterocycles. The molecule has 0 saturated heterocycles. The molecule has 0 saturated carbocycles. The van der Waals surface area contributed by atoms with Gasteiger partial charge in [-0.2, -0.15) is 0 Å². The summed E-state index contributed by atoms with van der Waals surface area (Å²) < 4.78 is 13.1. The van der Waals surface area contributed by atoms with Gasteiger partial charge in [0.05, 0.1) is 0 Å². The van der Waals surface area contributed by atoms with E-state index < -0.39 is 24.2 Å². The van der Waals surface area contributed by atoms with Gasteiger partial charge in [0.25, 0.3) is 0 Å². The Morgan fingerprint density at radius 3 is 2.69 bits per heavy atom. The lowest BCUT2D eigenvalue weighted by Gasteiger charge is -1.97. The number of carbonyl (C=O) groups excluding carboxylic acids is 1. The number of carboxylic acid groups (broad SMARTS) is 1. The monoisotopic (exact) mass is 223 g/mol. The summed E-state index contributed by atoms with van der Waals surface area (Å²) in [5, 5.41) is 10.4. The van der Waals surface area contributed by atoms with Crippen molar-refractivity contribution in [2.75, 3.05) is 6.54 Å². The molecule has 0 fully saturated rings. The van der Waals surface area contributed by atoms with Crippen molar-refractivity contribution in [3.05, 3.63) is 41.7 Å². The van der Waals surface area contributed by atoms with Crippen LogP contribution in [0.4, 0.5) is 4.39 Å². The molecule has 1 aromatic rings. The smallest absolute Gasteiger partial charge is 0.322 e. The van der Waals surface area contributed by atoms with Crippen LogP contribution in [0, 0.1) is 5.82 Å². The molecule has 0 aliphatic heterocycles. The molecule has 0 bridgehead atoms. The quantitative estimate of drug-likeness (QED) is 0.749. The molecule has 0 radical (unpaired) electrons. The van der Waals surface area contributed by atoms with Crippen LogP contribution in [0.3, 0.4) is 0 Å². The van der Waals surface area contributed by atoms with Crippen molar-refractivity contribution < 1.29 is 19.1 Å². The van der Waals surface area contributed by atoms with Gasteiger partial charge < -0.3 is 10.4 Å². The van der Waals surface area contributed by atoms with Gasteiger partial charge in [-0.05, 0) is 12.1 Å². The number of rotatable bonds is 4. The SMILES string of the molecule is O=C(O)CNC(=O)/C=C/c1ccccc1F. The molecule has 0 aliphatic rings. The maximum Gasteiger partial charge on any atom is 0.322 e. The number of aliphatic carboxylic acids is 1. The van der Waals surface area contributed by atoms with Gasteiger partial charge in [0.15, 0.2) is 0 Å². The molecule has 1 rings (SSSR count). The Hall–Kier alpha value is -2.17. The maximum absolute atomic E-state index is 13.1. The lowest BCUT2D eigenvalue weighted by molar-refractivity contribution is -0.137. The largest absolute Gasteiger partial charge is 0.480 e. The second kappa shape index (κ2) is 5.65. The Bertz CT molecular complexity index is 429. The average Bonchev–Trinajstić information content (AvgIpc) is 2.25. The van der Waals surface area contributed by atoms with Crippen molar-refractivity contribution in [3.63, 3.8) is 0 Å². The highest BCUT2D eigenvalue weighted by molar-refractivity contribution is 5.93. The highest BCUT2D eigenvalue weighted by Crippen LogP contribution is 2.07. The lowest BCUT2D eigenvalue weighted by Crippen LogP contribution is -2.27. The number of benzene rings is 1. The van der Waals surface area contributed by atoms with Crippen LogP contribution in [-0.4, -0.2) is 23.5 Å². The summed E-state index contributed by atoms with van der Waals surface area (Å²) in [6.07, 6.45) is 2.37. The molecule has 5 heteroatoms. The molecule has 84 valence electrons. The molecule has 0 atom stereocenters. The minimum Gasteiger partial charge on any atom is -0.480 e. The predicted octanol–water partition coefficient (Wildman–Crippen LogP) is 1.04. The van der Waals surface area contributed by atoms with Gasteiger partial charge in [-0.1, -0.05) is 18.2 Å². The predicted molar refractivity (Wildman–Crippen MR) is 56.1 cm³/mol. The number of carbonyl (C=O) groups is 2. The third kappa shape index (κ3) is 3.91. The van der Waals surface area contributed by atoms with Crippen molar-refractivity contribution in [2.24, 2.45) is 0 Å². The Balaban J connectivity index is 2.57. The lowest BCUT2D eigenvalue weighted by atomic mass is 10.2. The highest BCUT2D eigenvalue weighted by atomic mass is 19.1. The third-order valence-electron chi connectivity index (χ3n) is 1.73. The highest BCUT2D eigenvalue weighted by Gasteiger charge is 2.00. The molecule has 16 heavy (non-hydrogen) atoms. The summed E-state index contributed by atoms with van der Waals surface area (Å²) in [5.41, 5.74) is 0.271. The van der Waals surface area contributed by atoms with Crippen LogP contribution in [0.25, 0.3) is 6.08 Å². The Kier molecular flexibility index (Phi) is 4.20. The molecule has 1 amide bonds. The first kappa shape index (κ1) is 11.9. The topological polar surface area (TPSA) is 66.4 Å². The van der Waals surface area contributed by atoms with Crippen LogP contribution < -0.4 is 5.32 Å². The Labute approximate surface area is 91.4 Å². The van der Waals surface area contributed by atoms with Crippen LogP contribution in [0.15, 0.2) is 30.3 Å². The van der Waals surface area contributed by atoms with E-state index in [-0.39, 0.29) is 5.56 Å². The first-order valence-electron chi connectivity index (χ1n) is 4.52. The fourth-order valence-electron chi connectivity index (χ4n) is 0.997. The average molecular weight is 223 g/mol. The standard InChI is InChI=1S/C11H10FNO3/c12-9-4-2-1-3-8(9)5-6-10(14)13-7-11(15)16/h1-6H,7H2,(H,13,14)(H,15,16)/b6-5+. The van der Waals surface area contributed by atoms with E-state index in [1.54, 1.807) is 6.07 Å². The maximum atomic E-state index is 13.1. The van der Waals surface area contributed by atoms with E-state index in [4.69, 9.17) is 5.11 Å². The molecule has 0 aliphatic carbocycles.